The standard InChI is InChI=1S/C26H29N5O4/c1-17-25(34)24(26(35)28-16-23(32)33)30-22(29-17)15-20-8-12-31(13-9-20)21-4-2-18(3-5-21)14-19-6-10-27-11-7-19/h2-7,10-11,20,34H,8-9,12-16H2,1H3,(H,28,35)(H,32,33). The zero-order valence-electron chi connectivity index (χ0n) is 19.6. The van der Waals surface area contributed by atoms with E-state index in [9.17, 15) is 14.7 Å². The highest BCUT2D eigenvalue weighted by atomic mass is 16.4. The lowest BCUT2D eigenvalue weighted by Crippen LogP contribution is -2.34. The molecule has 3 heterocycles. The molecule has 0 atom stereocenters. The quantitative estimate of drug-likeness (QED) is 0.454. The normalized spacial score (nSPS) is 14.0. The van der Waals surface area contributed by atoms with Crippen LogP contribution < -0.4 is 10.2 Å². The lowest BCUT2D eigenvalue weighted by atomic mass is 9.92. The third-order valence-electron chi connectivity index (χ3n) is 6.26. The van der Waals surface area contributed by atoms with Gasteiger partial charge in [-0.15, -0.1) is 0 Å². The fourth-order valence-electron chi connectivity index (χ4n) is 4.33. The van der Waals surface area contributed by atoms with Crippen molar-refractivity contribution in [3.05, 3.63) is 77.1 Å². The Morgan fingerprint density at radius 3 is 2.34 bits per heavy atom. The van der Waals surface area contributed by atoms with Crippen molar-refractivity contribution < 1.29 is 19.8 Å². The molecule has 3 aromatic rings. The van der Waals surface area contributed by atoms with Crippen LogP contribution in [0.1, 0.15) is 46.0 Å². The monoisotopic (exact) mass is 475 g/mol. The van der Waals surface area contributed by atoms with Gasteiger partial charge in [0.1, 0.15) is 12.4 Å². The van der Waals surface area contributed by atoms with E-state index in [1.54, 1.807) is 6.92 Å². The van der Waals surface area contributed by atoms with Crippen molar-refractivity contribution >= 4 is 17.6 Å². The Kier molecular flexibility index (Phi) is 7.54. The molecule has 35 heavy (non-hydrogen) atoms. The number of hydrogen-bond acceptors (Lipinski definition) is 7. The second kappa shape index (κ2) is 10.9. The van der Waals surface area contributed by atoms with E-state index in [0.29, 0.717) is 23.9 Å². The second-order valence-corrected chi connectivity index (χ2v) is 8.83. The van der Waals surface area contributed by atoms with Gasteiger partial charge in [0, 0.05) is 37.6 Å². The molecule has 182 valence electrons. The number of anilines is 1. The Hall–Kier alpha value is -4.01. The first-order chi connectivity index (χ1) is 16.9. The molecule has 0 saturated carbocycles. The molecule has 0 radical (unpaired) electrons. The molecule has 1 fully saturated rings. The summed E-state index contributed by atoms with van der Waals surface area (Å²) in [6, 6.07) is 12.8. The lowest BCUT2D eigenvalue weighted by molar-refractivity contribution is -0.135. The molecule has 1 aliphatic heterocycles. The Morgan fingerprint density at radius 2 is 1.69 bits per heavy atom. The van der Waals surface area contributed by atoms with Gasteiger partial charge in [0.2, 0.25) is 0 Å². The van der Waals surface area contributed by atoms with Crippen LogP contribution >= 0.6 is 0 Å². The first-order valence-electron chi connectivity index (χ1n) is 11.7. The number of carboxylic acid groups (broad SMARTS) is 1. The van der Waals surface area contributed by atoms with Crippen LogP contribution in [-0.4, -0.2) is 56.7 Å². The van der Waals surface area contributed by atoms with E-state index in [-0.39, 0.29) is 11.4 Å². The zero-order chi connectivity index (χ0) is 24.8. The van der Waals surface area contributed by atoms with Crippen molar-refractivity contribution in [2.75, 3.05) is 24.5 Å². The first kappa shape index (κ1) is 24.1. The molecule has 9 nitrogen and oxygen atoms in total. The molecule has 9 heteroatoms. The van der Waals surface area contributed by atoms with Gasteiger partial charge in [-0.3, -0.25) is 14.6 Å². The minimum Gasteiger partial charge on any atom is -0.504 e. The number of aromatic hydroxyl groups is 1. The van der Waals surface area contributed by atoms with Gasteiger partial charge in [-0.25, -0.2) is 9.97 Å². The molecule has 0 spiro atoms. The minimum atomic E-state index is -1.17. The van der Waals surface area contributed by atoms with E-state index in [1.807, 2.05) is 24.5 Å². The zero-order valence-corrected chi connectivity index (χ0v) is 19.6. The SMILES string of the molecule is Cc1nc(CC2CCN(c3ccc(Cc4ccncc4)cc3)CC2)nc(C(=O)NCC(=O)O)c1O. The summed E-state index contributed by atoms with van der Waals surface area (Å²) in [5.41, 5.74) is 3.83. The van der Waals surface area contributed by atoms with E-state index in [4.69, 9.17) is 5.11 Å². The number of piperidine rings is 1. The Morgan fingerprint density at radius 1 is 1.03 bits per heavy atom. The summed E-state index contributed by atoms with van der Waals surface area (Å²) in [4.78, 5) is 38.0. The average Bonchev–Trinajstić information content (AvgIpc) is 2.86. The van der Waals surface area contributed by atoms with Gasteiger partial charge in [0.25, 0.3) is 5.91 Å². The van der Waals surface area contributed by atoms with Crippen LogP contribution in [0, 0.1) is 12.8 Å². The maximum absolute atomic E-state index is 12.3. The number of carbonyl (C=O) groups is 2. The van der Waals surface area contributed by atoms with Crippen molar-refractivity contribution in [3.63, 3.8) is 0 Å². The maximum Gasteiger partial charge on any atom is 0.322 e. The minimum absolute atomic E-state index is 0.182. The molecular weight excluding hydrogens is 446 g/mol. The van der Waals surface area contributed by atoms with Gasteiger partial charge in [0.05, 0.1) is 5.69 Å². The van der Waals surface area contributed by atoms with Crippen LogP contribution in [0.3, 0.4) is 0 Å². The fourth-order valence-corrected chi connectivity index (χ4v) is 4.33. The number of aryl methyl sites for hydroxylation is 1. The van der Waals surface area contributed by atoms with Gasteiger partial charge in [-0.05, 0) is 67.5 Å². The topological polar surface area (TPSA) is 129 Å². The first-order valence-corrected chi connectivity index (χ1v) is 11.7. The molecule has 1 amide bonds. The summed E-state index contributed by atoms with van der Waals surface area (Å²) < 4.78 is 0. The average molecular weight is 476 g/mol. The third kappa shape index (κ3) is 6.32. The molecular formula is C26H29N5O4. The Balaban J connectivity index is 1.33. The van der Waals surface area contributed by atoms with E-state index in [0.717, 1.165) is 32.4 Å². The van der Waals surface area contributed by atoms with Crippen LogP contribution in [0.2, 0.25) is 0 Å². The molecule has 1 saturated heterocycles. The van der Waals surface area contributed by atoms with Crippen LogP contribution in [0.25, 0.3) is 0 Å². The Bertz CT molecular complexity index is 1180. The van der Waals surface area contributed by atoms with Crippen LogP contribution in [-0.2, 0) is 17.6 Å². The number of amides is 1. The number of nitrogens with one attached hydrogen (secondary N) is 1. The van der Waals surface area contributed by atoms with E-state index in [1.165, 1.54) is 16.8 Å². The van der Waals surface area contributed by atoms with Gasteiger partial charge in [-0.1, -0.05) is 12.1 Å². The van der Waals surface area contributed by atoms with Crippen LogP contribution in [0.5, 0.6) is 5.75 Å². The molecule has 1 aliphatic rings. The molecule has 0 bridgehead atoms. The maximum atomic E-state index is 12.3. The van der Waals surface area contributed by atoms with E-state index in [2.05, 4.69) is 49.4 Å². The molecule has 4 rings (SSSR count). The van der Waals surface area contributed by atoms with Crippen LogP contribution in [0.4, 0.5) is 5.69 Å². The highest BCUT2D eigenvalue weighted by Crippen LogP contribution is 2.27. The van der Waals surface area contributed by atoms with Gasteiger partial charge in [-0.2, -0.15) is 0 Å². The predicted octanol–water partition coefficient (Wildman–Crippen LogP) is 2.75. The van der Waals surface area contributed by atoms with Crippen molar-refractivity contribution in [3.8, 4) is 5.75 Å². The summed E-state index contributed by atoms with van der Waals surface area (Å²) in [6.45, 7) is 2.89. The number of pyridine rings is 1. The summed E-state index contributed by atoms with van der Waals surface area (Å²) in [6.07, 6.45) is 7.03. The van der Waals surface area contributed by atoms with E-state index >= 15 is 0 Å². The van der Waals surface area contributed by atoms with Crippen molar-refractivity contribution in [2.45, 2.75) is 32.6 Å². The summed E-state index contributed by atoms with van der Waals surface area (Å²) in [7, 11) is 0. The molecule has 0 unspecified atom stereocenters. The van der Waals surface area contributed by atoms with Crippen molar-refractivity contribution in [1.82, 2.24) is 20.3 Å². The number of hydrogen-bond donors (Lipinski definition) is 3. The number of aromatic nitrogens is 3. The number of carboxylic acids is 1. The predicted molar refractivity (Wildman–Crippen MR) is 131 cm³/mol. The number of benzene rings is 1. The highest BCUT2D eigenvalue weighted by molar-refractivity contribution is 5.96. The fraction of sp³-hybridized carbons (Fsp3) is 0.346. The second-order valence-electron chi connectivity index (χ2n) is 8.83. The summed E-state index contributed by atoms with van der Waals surface area (Å²) >= 11 is 0. The smallest absolute Gasteiger partial charge is 0.322 e. The number of aliphatic carboxylic acids is 1. The van der Waals surface area contributed by atoms with E-state index < -0.39 is 18.4 Å². The largest absolute Gasteiger partial charge is 0.504 e. The molecule has 3 N–H and O–H groups in total. The van der Waals surface area contributed by atoms with Gasteiger partial charge < -0.3 is 20.4 Å². The molecule has 0 aliphatic carbocycles. The summed E-state index contributed by atoms with van der Waals surface area (Å²) in [5.74, 6) is -1.37. The molecule has 1 aromatic carbocycles. The number of carbonyl (C=O) groups excluding carboxylic acids is 1. The van der Waals surface area contributed by atoms with Gasteiger partial charge in [0.15, 0.2) is 11.4 Å². The van der Waals surface area contributed by atoms with Gasteiger partial charge >= 0.3 is 5.97 Å². The third-order valence-corrected chi connectivity index (χ3v) is 6.26. The number of rotatable bonds is 8. The van der Waals surface area contributed by atoms with Crippen molar-refractivity contribution in [1.29, 1.82) is 0 Å². The molecule has 2 aromatic heterocycles. The Labute approximate surface area is 203 Å². The highest BCUT2D eigenvalue weighted by Gasteiger charge is 2.23. The van der Waals surface area contributed by atoms with Crippen molar-refractivity contribution in [2.24, 2.45) is 5.92 Å². The summed E-state index contributed by atoms with van der Waals surface area (Å²) in [5, 5.41) is 21.2. The van der Waals surface area contributed by atoms with Crippen LogP contribution in [0.15, 0.2) is 48.8 Å². The lowest BCUT2D eigenvalue weighted by Gasteiger charge is -2.33. The number of nitrogens with zero attached hydrogens (tertiary/aromatic N) is 4.